The lowest BCUT2D eigenvalue weighted by molar-refractivity contribution is 0.200. The van der Waals surface area contributed by atoms with Crippen LogP contribution in [0.25, 0.3) is 11.3 Å². The van der Waals surface area contributed by atoms with Gasteiger partial charge in [0.1, 0.15) is 5.75 Å². The zero-order valence-corrected chi connectivity index (χ0v) is 19.0. The summed E-state index contributed by atoms with van der Waals surface area (Å²) >= 11 is 0. The van der Waals surface area contributed by atoms with Crippen LogP contribution in [0, 0.1) is 13.8 Å². The zero-order chi connectivity index (χ0) is 22.3. The Kier molecular flexibility index (Phi) is 7.10. The van der Waals surface area contributed by atoms with Crippen molar-refractivity contribution in [1.82, 2.24) is 14.5 Å². The van der Waals surface area contributed by atoms with Gasteiger partial charge in [0.25, 0.3) is 0 Å². The number of nitrogens with zero attached hydrogens (tertiary/aromatic N) is 3. The van der Waals surface area contributed by atoms with Crippen LogP contribution in [-0.2, 0) is 6.54 Å². The van der Waals surface area contributed by atoms with Gasteiger partial charge in [0, 0.05) is 30.9 Å². The zero-order valence-electron chi connectivity index (χ0n) is 19.0. The standard InChI is InChI=1S/C26H32N4O2/c1-20-11-4-5-12-22(20)25-21(2)30(19-27-25)17-10-18-32-24-14-7-6-13-23(24)28-26(31)29-15-8-3-9-16-29/h4-7,11-14,19H,3,8-10,15-18H2,1-2H3,(H,28,31). The first-order valence-corrected chi connectivity index (χ1v) is 11.5. The van der Waals surface area contributed by atoms with Gasteiger partial charge in [-0.3, -0.25) is 0 Å². The van der Waals surface area contributed by atoms with Crippen molar-refractivity contribution in [3.05, 3.63) is 66.1 Å². The molecule has 1 aliphatic heterocycles. The average Bonchev–Trinajstić information content (AvgIpc) is 3.18. The van der Waals surface area contributed by atoms with E-state index in [1.54, 1.807) is 0 Å². The van der Waals surface area contributed by atoms with Crippen molar-refractivity contribution in [2.24, 2.45) is 0 Å². The first kappa shape index (κ1) is 21.9. The summed E-state index contributed by atoms with van der Waals surface area (Å²) in [6, 6.07) is 15.9. The number of nitrogens with one attached hydrogen (secondary N) is 1. The van der Waals surface area contributed by atoms with Crippen LogP contribution in [0.5, 0.6) is 5.75 Å². The number of aryl methyl sites for hydroxylation is 2. The minimum Gasteiger partial charge on any atom is -0.491 e. The summed E-state index contributed by atoms with van der Waals surface area (Å²) in [6.07, 6.45) is 6.10. The number of benzene rings is 2. The van der Waals surface area contributed by atoms with Crippen LogP contribution in [0.15, 0.2) is 54.9 Å². The Bertz CT molecular complexity index is 1050. The highest BCUT2D eigenvalue weighted by Gasteiger charge is 2.17. The summed E-state index contributed by atoms with van der Waals surface area (Å²) in [5.74, 6) is 0.709. The highest BCUT2D eigenvalue weighted by Crippen LogP contribution is 2.26. The Hall–Kier alpha value is -3.28. The van der Waals surface area contributed by atoms with E-state index in [2.05, 4.69) is 53.0 Å². The molecule has 6 nitrogen and oxygen atoms in total. The number of aromatic nitrogens is 2. The van der Waals surface area contributed by atoms with Crippen molar-refractivity contribution < 1.29 is 9.53 Å². The van der Waals surface area contributed by atoms with Gasteiger partial charge >= 0.3 is 6.03 Å². The molecule has 1 saturated heterocycles. The van der Waals surface area contributed by atoms with Gasteiger partial charge in [-0.05, 0) is 57.2 Å². The summed E-state index contributed by atoms with van der Waals surface area (Å²) in [5, 5.41) is 3.02. The molecule has 0 saturated carbocycles. The van der Waals surface area contributed by atoms with Gasteiger partial charge in [-0.15, -0.1) is 0 Å². The number of imidazole rings is 1. The second-order valence-corrected chi connectivity index (χ2v) is 8.36. The Morgan fingerprint density at radius 1 is 1.03 bits per heavy atom. The summed E-state index contributed by atoms with van der Waals surface area (Å²) in [5.41, 5.74) is 5.33. The molecule has 4 rings (SSSR count). The minimum atomic E-state index is -0.0430. The molecule has 168 valence electrons. The van der Waals surface area contributed by atoms with E-state index in [4.69, 9.17) is 4.74 Å². The fourth-order valence-corrected chi connectivity index (χ4v) is 4.18. The third-order valence-electron chi connectivity index (χ3n) is 6.07. The fourth-order valence-electron chi connectivity index (χ4n) is 4.18. The molecule has 2 heterocycles. The van der Waals surface area contributed by atoms with Gasteiger partial charge in [-0.25, -0.2) is 9.78 Å². The summed E-state index contributed by atoms with van der Waals surface area (Å²) < 4.78 is 8.21. The number of anilines is 1. The van der Waals surface area contributed by atoms with Crippen molar-refractivity contribution in [3.63, 3.8) is 0 Å². The van der Waals surface area contributed by atoms with Crippen LogP contribution < -0.4 is 10.1 Å². The van der Waals surface area contributed by atoms with Crippen molar-refractivity contribution in [3.8, 4) is 17.0 Å². The van der Waals surface area contributed by atoms with Gasteiger partial charge in [0.15, 0.2) is 0 Å². The lowest BCUT2D eigenvalue weighted by Crippen LogP contribution is -2.38. The van der Waals surface area contributed by atoms with Crippen LogP contribution in [0.3, 0.4) is 0 Å². The van der Waals surface area contributed by atoms with Crippen molar-refractivity contribution in [2.45, 2.75) is 46.1 Å². The lowest BCUT2D eigenvalue weighted by atomic mass is 10.0. The molecular formula is C26H32N4O2. The highest BCUT2D eigenvalue weighted by atomic mass is 16.5. The maximum Gasteiger partial charge on any atom is 0.321 e. The minimum absolute atomic E-state index is 0.0430. The monoisotopic (exact) mass is 432 g/mol. The van der Waals surface area contributed by atoms with E-state index in [9.17, 15) is 4.79 Å². The number of ether oxygens (including phenoxy) is 1. The molecule has 3 aromatic rings. The molecular weight excluding hydrogens is 400 g/mol. The molecule has 1 N–H and O–H groups in total. The number of urea groups is 1. The van der Waals surface area contributed by atoms with E-state index >= 15 is 0 Å². The molecule has 2 amide bonds. The molecule has 1 aromatic heterocycles. The second kappa shape index (κ2) is 10.4. The Balaban J connectivity index is 1.32. The van der Waals surface area contributed by atoms with Crippen LogP contribution in [0.1, 0.15) is 36.9 Å². The molecule has 0 unspecified atom stereocenters. The van der Waals surface area contributed by atoms with E-state index in [-0.39, 0.29) is 6.03 Å². The Labute approximate surface area is 190 Å². The van der Waals surface area contributed by atoms with E-state index in [1.165, 1.54) is 17.5 Å². The van der Waals surface area contributed by atoms with Gasteiger partial charge < -0.3 is 19.5 Å². The number of hydrogen-bond acceptors (Lipinski definition) is 3. The maximum absolute atomic E-state index is 12.6. The van der Waals surface area contributed by atoms with E-state index in [0.717, 1.165) is 56.0 Å². The van der Waals surface area contributed by atoms with Crippen molar-refractivity contribution in [2.75, 3.05) is 25.0 Å². The fraction of sp³-hybridized carbons (Fsp3) is 0.385. The highest BCUT2D eigenvalue weighted by molar-refractivity contribution is 5.91. The van der Waals surface area contributed by atoms with E-state index in [1.807, 2.05) is 35.5 Å². The largest absolute Gasteiger partial charge is 0.491 e. The third-order valence-corrected chi connectivity index (χ3v) is 6.07. The molecule has 0 spiro atoms. The molecule has 32 heavy (non-hydrogen) atoms. The molecule has 0 aliphatic carbocycles. The van der Waals surface area contributed by atoms with Crippen LogP contribution in [-0.4, -0.2) is 40.2 Å². The summed E-state index contributed by atoms with van der Waals surface area (Å²) in [4.78, 5) is 19.1. The van der Waals surface area contributed by atoms with Crippen molar-refractivity contribution in [1.29, 1.82) is 0 Å². The topological polar surface area (TPSA) is 59.4 Å². The van der Waals surface area contributed by atoms with Gasteiger partial charge in [-0.1, -0.05) is 36.4 Å². The third kappa shape index (κ3) is 5.13. The van der Waals surface area contributed by atoms with Crippen LogP contribution in [0.2, 0.25) is 0 Å². The maximum atomic E-state index is 12.6. The average molecular weight is 433 g/mol. The Morgan fingerprint density at radius 3 is 2.59 bits per heavy atom. The number of carbonyl (C=O) groups is 1. The first-order chi connectivity index (χ1) is 15.6. The Morgan fingerprint density at radius 2 is 1.78 bits per heavy atom. The number of carbonyl (C=O) groups excluding carboxylic acids is 1. The first-order valence-electron chi connectivity index (χ1n) is 11.5. The van der Waals surface area contributed by atoms with Gasteiger partial charge in [-0.2, -0.15) is 0 Å². The molecule has 0 radical (unpaired) electrons. The van der Waals surface area contributed by atoms with Crippen LogP contribution >= 0.6 is 0 Å². The number of amides is 2. The quantitative estimate of drug-likeness (QED) is 0.491. The smallest absolute Gasteiger partial charge is 0.321 e. The van der Waals surface area contributed by atoms with Crippen LogP contribution in [0.4, 0.5) is 10.5 Å². The molecule has 1 fully saturated rings. The van der Waals surface area contributed by atoms with E-state index < -0.39 is 0 Å². The van der Waals surface area contributed by atoms with Gasteiger partial charge in [0.2, 0.25) is 0 Å². The molecule has 1 aliphatic rings. The normalized spacial score (nSPS) is 13.8. The molecule has 2 aromatic carbocycles. The predicted molar refractivity (Wildman–Crippen MR) is 128 cm³/mol. The summed E-state index contributed by atoms with van der Waals surface area (Å²) in [6.45, 7) is 7.26. The van der Waals surface area contributed by atoms with Crippen molar-refractivity contribution >= 4 is 11.7 Å². The molecule has 6 heteroatoms. The number of rotatable bonds is 7. The number of hydrogen-bond donors (Lipinski definition) is 1. The number of para-hydroxylation sites is 2. The van der Waals surface area contributed by atoms with Gasteiger partial charge in [0.05, 0.1) is 24.3 Å². The molecule has 0 atom stereocenters. The SMILES string of the molecule is Cc1ccccc1-c1ncn(CCCOc2ccccc2NC(=O)N2CCCCC2)c1C. The second-order valence-electron chi connectivity index (χ2n) is 8.36. The summed E-state index contributed by atoms with van der Waals surface area (Å²) in [7, 11) is 0. The predicted octanol–water partition coefficient (Wildman–Crippen LogP) is 5.65. The number of likely N-dealkylation sites (tertiary alicyclic amines) is 1. The number of piperidine rings is 1. The molecule has 0 bridgehead atoms. The van der Waals surface area contributed by atoms with E-state index in [0.29, 0.717) is 12.4 Å². The lowest BCUT2D eigenvalue weighted by Gasteiger charge is -2.27.